The lowest BCUT2D eigenvalue weighted by Gasteiger charge is -2.07. The van der Waals surface area contributed by atoms with E-state index in [-0.39, 0.29) is 12.3 Å². The van der Waals surface area contributed by atoms with E-state index in [0.29, 0.717) is 11.6 Å². The first kappa shape index (κ1) is 12.5. The maximum atomic E-state index is 10.9. The topological polar surface area (TPSA) is 66.9 Å². The van der Waals surface area contributed by atoms with Gasteiger partial charge in [-0.05, 0) is 30.9 Å². The van der Waals surface area contributed by atoms with Crippen molar-refractivity contribution in [3.8, 4) is 0 Å². The Labute approximate surface area is 109 Å². The summed E-state index contributed by atoms with van der Waals surface area (Å²) in [7, 11) is 0. The van der Waals surface area contributed by atoms with Gasteiger partial charge in [0, 0.05) is 6.07 Å². The van der Waals surface area contributed by atoms with Crippen LogP contribution in [0.2, 0.25) is 0 Å². The maximum Gasteiger partial charge on any atom is 0.148 e. The molecule has 0 aromatic carbocycles. The first-order valence-electron chi connectivity index (χ1n) is 5.51. The number of rotatable bonds is 5. The van der Waals surface area contributed by atoms with Crippen molar-refractivity contribution in [3.05, 3.63) is 29.4 Å². The van der Waals surface area contributed by atoms with Crippen molar-refractivity contribution >= 4 is 33.8 Å². The van der Waals surface area contributed by atoms with E-state index in [9.17, 15) is 4.79 Å². The normalized spacial score (nSPS) is 10.1. The molecule has 6 heteroatoms. The van der Waals surface area contributed by atoms with E-state index in [0.717, 1.165) is 5.00 Å². The number of aromatic nitrogens is 2. The number of thiophene rings is 1. The van der Waals surface area contributed by atoms with E-state index in [2.05, 4.69) is 20.6 Å². The fourth-order valence-electron chi connectivity index (χ4n) is 1.35. The van der Waals surface area contributed by atoms with Gasteiger partial charge < -0.3 is 10.6 Å². The Hall–Kier alpha value is -1.95. The standard InChI is InChI=1S/C12H14N4OS/c1-8-3-4-18-12(8)16-11-5-10(14-7-15-11)13-6-9(2)17/h3-5,7H,6H2,1-2H3,(H2,13,14,15,16). The van der Waals surface area contributed by atoms with Crippen LogP contribution in [0, 0.1) is 6.92 Å². The van der Waals surface area contributed by atoms with Gasteiger partial charge >= 0.3 is 0 Å². The molecule has 0 radical (unpaired) electrons. The summed E-state index contributed by atoms with van der Waals surface area (Å²) in [5, 5.41) is 9.25. The van der Waals surface area contributed by atoms with Gasteiger partial charge in [-0.1, -0.05) is 0 Å². The minimum atomic E-state index is 0.0669. The molecule has 0 aliphatic carbocycles. The molecule has 0 aliphatic rings. The quantitative estimate of drug-likeness (QED) is 0.867. The van der Waals surface area contributed by atoms with Gasteiger partial charge in [0.1, 0.15) is 23.7 Å². The first-order valence-corrected chi connectivity index (χ1v) is 6.39. The van der Waals surface area contributed by atoms with Gasteiger partial charge in [0.2, 0.25) is 0 Å². The van der Waals surface area contributed by atoms with E-state index in [1.165, 1.54) is 18.8 Å². The molecule has 2 aromatic rings. The van der Waals surface area contributed by atoms with E-state index in [1.54, 1.807) is 17.4 Å². The van der Waals surface area contributed by atoms with Crippen LogP contribution in [0.5, 0.6) is 0 Å². The Morgan fingerprint density at radius 3 is 2.83 bits per heavy atom. The lowest BCUT2D eigenvalue weighted by molar-refractivity contribution is -0.115. The molecule has 2 N–H and O–H groups in total. The maximum absolute atomic E-state index is 10.9. The molecule has 0 amide bonds. The molecular weight excluding hydrogens is 248 g/mol. The highest BCUT2D eigenvalue weighted by Crippen LogP contribution is 2.25. The van der Waals surface area contributed by atoms with E-state index >= 15 is 0 Å². The first-order chi connectivity index (χ1) is 8.65. The second kappa shape index (κ2) is 5.59. The Kier molecular flexibility index (Phi) is 3.88. The van der Waals surface area contributed by atoms with Gasteiger partial charge in [-0.25, -0.2) is 9.97 Å². The Bertz CT molecular complexity index is 553. The average molecular weight is 262 g/mol. The van der Waals surface area contributed by atoms with Crippen molar-refractivity contribution in [3.63, 3.8) is 0 Å². The molecular formula is C12H14N4OS. The molecule has 0 atom stereocenters. The van der Waals surface area contributed by atoms with Gasteiger partial charge in [0.15, 0.2) is 0 Å². The number of carbonyl (C=O) groups excluding carboxylic acids is 1. The van der Waals surface area contributed by atoms with E-state index < -0.39 is 0 Å². The molecule has 94 valence electrons. The van der Waals surface area contributed by atoms with Crippen LogP contribution in [0.25, 0.3) is 0 Å². The average Bonchev–Trinajstić information content (AvgIpc) is 2.73. The fourth-order valence-corrected chi connectivity index (χ4v) is 2.18. The Morgan fingerprint density at radius 2 is 2.17 bits per heavy atom. The number of Topliss-reactive ketones (excluding diaryl/α,β-unsaturated/α-hetero) is 1. The Balaban J connectivity index is 2.07. The lowest BCUT2D eigenvalue weighted by Crippen LogP contribution is -2.11. The van der Waals surface area contributed by atoms with Crippen molar-refractivity contribution in [2.45, 2.75) is 13.8 Å². The van der Waals surface area contributed by atoms with E-state index in [1.807, 2.05) is 18.4 Å². The second-order valence-corrected chi connectivity index (χ2v) is 4.82. The van der Waals surface area contributed by atoms with Gasteiger partial charge in [-0.3, -0.25) is 4.79 Å². The number of ketones is 1. The van der Waals surface area contributed by atoms with Crippen LogP contribution in [0.1, 0.15) is 12.5 Å². The zero-order valence-electron chi connectivity index (χ0n) is 10.2. The predicted octanol–water partition coefficient (Wildman–Crippen LogP) is 2.59. The van der Waals surface area contributed by atoms with Gasteiger partial charge in [-0.15, -0.1) is 11.3 Å². The summed E-state index contributed by atoms with van der Waals surface area (Å²) >= 11 is 1.62. The van der Waals surface area contributed by atoms with Crippen LogP contribution in [0.4, 0.5) is 16.6 Å². The molecule has 5 nitrogen and oxygen atoms in total. The number of hydrogen-bond acceptors (Lipinski definition) is 6. The van der Waals surface area contributed by atoms with Crippen molar-refractivity contribution in [2.75, 3.05) is 17.2 Å². The molecule has 0 spiro atoms. The molecule has 0 aliphatic heterocycles. The van der Waals surface area contributed by atoms with Crippen LogP contribution in [-0.4, -0.2) is 22.3 Å². The summed E-state index contributed by atoms with van der Waals surface area (Å²) in [4.78, 5) is 19.1. The van der Waals surface area contributed by atoms with Gasteiger partial charge in [-0.2, -0.15) is 0 Å². The highest BCUT2D eigenvalue weighted by molar-refractivity contribution is 7.14. The summed E-state index contributed by atoms with van der Waals surface area (Å²) in [5.41, 5.74) is 1.18. The van der Waals surface area contributed by atoms with Gasteiger partial charge in [0.25, 0.3) is 0 Å². The van der Waals surface area contributed by atoms with Crippen molar-refractivity contribution in [1.82, 2.24) is 9.97 Å². The number of carbonyl (C=O) groups is 1. The summed E-state index contributed by atoms with van der Waals surface area (Å²) in [6, 6.07) is 3.82. The van der Waals surface area contributed by atoms with Crippen LogP contribution in [0.15, 0.2) is 23.8 Å². The molecule has 0 saturated heterocycles. The Morgan fingerprint density at radius 1 is 1.39 bits per heavy atom. The highest BCUT2D eigenvalue weighted by Gasteiger charge is 2.03. The van der Waals surface area contributed by atoms with Crippen molar-refractivity contribution < 1.29 is 4.79 Å². The predicted molar refractivity (Wildman–Crippen MR) is 73.5 cm³/mol. The molecule has 0 fully saturated rings. The number of aryl methyl sites for hydroxylation is 1. The number of nitrogens with one attached hydrogen (secondary N) is 2. The third-order valence-electron chi connectivity index (χ3n) is 2.29. The number of nitrogens with zero attached hydrogens (tertiary/aromatic N) is 2. The monoisotopic (exact) mass is 262 g/mol. The summed E-state index contributed by atoms with van der Waals surface area (Å²) in [6.07, 6.45) is 1.47. The SMILES string of the molecule is CC(=O)CNc1cc(Nc2sccc2C)ncn1. The molecule has 18 heavy (non-hydrogen) atoms. The molecule has 0 saturated carbocycles. The third-order valence-corrected chi connectivity index (χ3v) is 3.22. The summed E-state index contributed by atoms with van der Waals surface area (Å²) in [6.45, 7) is 3.84. The largest absolute Gasteiger partial charge is 0.363 e. The minimum Gasteiger partial charge on any atom is -0.363 e. The number of hydrogen-bond donors (Lipinski definition) is 2. The molecule has 2 rings (SSSR count). The third kappa shape index (κ3) is 3.27. The zero-order valence-corrected chi connectivity index (χ0v) is 11.0. The summed E-state index contributed by atoms with van der Waals surface area (Å²) in [5.74, 6) is 1.41. The lowest BCUT2D eigenvalue weighted by atomic mass is 10.3. The molecule has 2 aromatic heterocycles. The summed E-state index contributed by atoms with van der Waals surface area (Å²) < 4.78 is 0. The van der Waals surface area contributed by atoms with Crippen LogP contribution >= 0.6 is 11.3 Å². The van der Waals surface area contributed by atoms with Crippen LogP contribution < -0.4 is 10.6 Å². The second-order valence-electron chi connectivity index (χ2n) is 3.90. The fraction of sp³-hybridized carbons (Fsp3) is 0.250. The molecule has 0 unspecified atom stereocenters. The van der Waals surface area contributed by atoms with Crippen LogP contribution in [0.3, 0.4) is 0 Å². The molecule has 0 bridgehead atoms. The van der Waals surface area contributed by atoms with Crippen molar-refractivity contribution in [2.24, 2.45) is 0 Å². The zero-order chi connectivity index (χ0) is 13.0. The number of anilines is 3. The smallest absolute Gasteiger partial charge is 0.148 e. The van der Waals surface area contributed by atoms with Crippen molar-refractivity contribution in [1.29, 1.82) is 0 Å². The van der Waals surface area contributed by atoms with Gasteiger partial charge in [0.05, 0.1) is 11.5 Å². The minimum absolute atomic E-state index is 0.0669. The van der Waals surface area contributed by atoms with Crippen LogP contribution in [-0.2, 0) is 4.79 Å². The molecule has 2 heterocycles. The van der Waals surface area contributed by atoms with E-state index in [4.69, 9.17) is 0 Å². The highest BCUT2D eigenvalue weighted by atomic mass is 32.1.